The van der Waals surface area contributed by atoms with E-state index in [4.69, 9.17) is 9.47 Å². The van der Waals surface area contributed by atoms with Crippen molar-refractivity contribution >= 4 is 5.91 Å². The van der Waals surface area contributed by atoms with E-state index in [1.807, 2.05) is 50.2 Å². The molecule has 1 fully saturated rings. The summed E-state index contributed by atoms with van der Waals surface area (Å²) in [7, 11) is 1.67. The first-order valence-electron chi connectivity index (χ1n) is 10.4. The van der Waals surface area contributed by atoms with Gasteiger partial charge in [0.05, 0.1) is 7.11 Å². The smallest absolute Gasteiger partial charge is 0.223 e. The number of hydrogen-bond acceptors (Lipinski definition) is 4. The zero-order valence-corrected chi connectivity index (χ0v) is 17.7. The van der Waals surface area contributed by atoms with Crippen molar-refractivity contribution in [1.82, 2.24) is 10.2 Å². The standard InChI is InChI=1S/C24H32N2O3/c1-18(2)25-24(27)21-11-13-26(14-12-21)16-20-9-10-22(23(15-20)28-3)29-17-19-7-5-4-6-8-19/h4-10,15,18,21H,11-14,16-17H2,1-3H3,(H,25,27). The maximum absolute atomic E-state index is 12.2. The van der Waals surface area contributed by atoms with Gasteiger partial charge in [-0.1, -0.05) is 36.4 Å². The fourth-order valence-electron chi connectivity index (χ4n) is 3.68. The number of likely N-dealkylation sites (tertiary alicyclic amines) is 1. The Kier molecular flexibility index (Phi) is 7.53. The normalized spacial score (nSPS) is 15.3. The number of hydrogen-bond donors (Lipinski definition) is 1. The molecule has 3 rings (SSSR count). The SMILES string of the molecule is COc1cc(CN2CCC(C(=O)NC(C)C)CC2)ccc1OCc1ccccc1. The molecular formula is C24H32N2O3. The predicted molar refractivity (Wildman–Crippen MR) is 115 cm³/mol. The van der Waals surface area contributed by atoms with Crippen LogP contribution in [0.5, 0.6) is 11.5 Å². The van der Waals surface area contributed by atoms with Gasteiger partial charge in [-0.3, -0.25) is 9.69 Å². The molecular weight excluding hydrogens is 364 g/mol. The lowest BCUT2D eigenvalue weighted by Gasteiger charge is -2.31. The largest absolute Gasteiger partial charge is 0.493 e. The average Bonchev–Trinajstić information content (AvgIpc) is 2.73. The Labute approximate surface area is 174 Å². The van der Waals surface area contributed by atoms with Crippen LogP contribution < -0.4 is 14.8 Å². The van der Waals surface area contributed by atoms with Crippen LogP contribution in [-0.4, -0.2) is 37.0 Å². The molecule has 2 aromatic carbocycles. The highest BCUT2D eigenvalue weighted by Crippen LogP contribution is 2.30. The van der Waals surface area contributed by atoms with E-state index in [0.717, 1.165) is 49.5 Å². The molecule has 0 spiro atoms. The number of benzene rings is 2. The van der Waals surface area contributed by atoms with Crippen LogP contribution in [0.25, 0.3) is 0 Å². The highest BCUT2D eigenvalue weighted by molar-refractivity contribution is 5.78. The molecule has 5 nitrogen and oxygen atoms in total. The van der Waals surface area contributed by atoms with Crippen molar-refractivity contribution in [2.75, 3.05) is 20.2 Å². The summed E-state index contributed by atoms with van der Waals surface area (Å²) in [6.45, 7) is 7.26. The lowest BCUT2D eigenvalue weighted by molar-refractivity contribution is -0.127. The van der Waals surface area contributed by atoms with Gasteiger partial charge in [0, 0.05) is 18.5 Å². The quantitative estimate of drug-likeness (QED) is 0.732. The number of nitrogens with one attached hydrogen (secondary N) is 1. The molecule has 0 unspecified atom stereocenters. The molecule has 156 valence electrons. The Bertz CT molecular complexity index is 784. The van der Waals surface area contributed by atoms with Crippen LogP contribution in [0.4, 0.5) is 0 Å². The molecule has 1 N–H and O–H groups in total. The lowest BCUT2D eigenvalue weighted by Crippen LogP contribution is -2.42. The second-order valence-corrected chi connectivity index (χ2v) is 7.97. The van der Waals surface area contributed by atoms with E-state index in [-0.39, 0.29) is 17.9 Å². The maximum Gasteiger partial charge on any atom is 0.223 e. The molecule has 1 heterocycles. The van der Waals surface area contributed by atoms with E-state index >= 15 is 0 Å². The van der Waals surface area contributed by atoms with E-state index in [1.54, 1.807) is 7.11 Å². The van der Waals surface area contributed by atoms with Gasteiger partial charge in [0.25, 0.3) is 0 Å². The van der Waals surface area contributed by atoms with Gasteiger partial charge in [-0.05, 0) is 63.0 Å². The Morgan fingerprint density at radius 3 is 2.45 bits per heavy atom. The molecule has 1 aliphatic rings. The fraction of sp³-hybridized carbons (Fsp3) is 0.458. The third kappa shape index (κ3) is 6.23. The van der Waals surface area contributed by atoms with Gasteiger partial charge in [-0.2, -0.15) is 0 Å². The van der Waals surface area contributed by atoms with Crippen molar-refractivity contribution in [1.29, 1.82) is 0 Å². The first-order valence-corrected chi connectivity index (χ1v) is 10.4. The van der Waals surface area contributed by atoms with Crippen molar-refractivity contribution in [3.63, 3.8) is 0 Å². The highest BCUT2D eigenvalue weighted by Gasteiger charge is 2.25. The Morgan fingerprint density at radius 1 is 1.07 bits per heavy atom. The first-order chi connectivity index (χ1) is 14.0. The van der Waals surface area contributed by atoms with E-state index in [0.29, 0.717) is 6.61 Å². The number of amides is 1. The van der Waals surface area contributed by atoms with Crippen molar-refractivity contribution in [3.8, 4) is 11.5 Å². The molecule has 1 amide bonds. The number of methoxy groups -OCH3 is 1. The van der Waals surface area contributed by atoms with Crippen LogP contribution >= 0.6 is 0 Å². The Hall–Kier alpha value is -2.53. The van der Waals surface area contributed by atoms with E-state index in [1.165, 1.54) is 5.56 Å². The summed E-state index contributed by atoms with van der Waals surface area (Å²) in [5.74, 6) is 1.84. The van der Waals surface area contributed by atoms with Gasteiger partial charge in [-0.25, -0.2) is 0 Å². The van der Waals surface area contributed by atoms with Crippen molar-refractivity contribution in [3.05, 3.63) is 59.7 Å². The minimum Gasteiger partial charge on any atom is -0.493 e. The molecule has 1 saturated heterocycles. The number of nitrogens with zero attached hydrogens (tertiary/aromatic N) is 1. The summed E-state index contributed by atoms with van der Waals surface area (Å²) in [5, 5.41) is 3.03. The van der Waals surface area contributed by atoms with Crippen LogP contribution in [0.15, 0.2) is 48.5 Å². The zero-order chi connectivity index (χ0) is 20.6. The number of ether oxygens (including phenoxy) is 2. The van der Waals surface area contributed by atoms with Gasteiger partial charge >= 0.3 is 0 Å². The Morgan fingerprint density at radius 2 is 1.79 bits per heavy atom. The molecule has 0 aromatic heterocycles. The predicted octanol–water partition coefficient (Wildman–Crippen LogP) is 4.01. The summed E-state index contributed by atoms with van der Waals surface area (Å²) in [4.78, 5) is 14.6. The number of carbonyl (C=O) groups excluding carboxylic acids is 1. The molecule has 1 aliphatic heterocycles. The monoisotopic (exact) mass is 396 g/mol. The van der Waals surface area contributed by atoms with Gasteiger partial charge in [0.15, 0.2) is 11.5 Å². The van der Waals surface area contributed by atoms with Crippen LogP contribution in [-0.2, 0) is 17.9 Å². The van der Waals surface area contributed by atoms with Crippen LogP contribution in [0.2, 0.25) is 0 Å². The van der Waals surface area contributed by atoms with Gasteiger partial charge in [-0.15, -0.1) is 0 Å². The van der Waals surface area contributed by atoms with Crippen molar-refractivity contribution < 1.29 is 14.3 Å². The molecule has 0 aliphatic carbocycles. The number of carbonyl (C=O) groups is 1. The number of rotatable bonds is 8. The van der Waals surface area contributed by atoms with Gasteiger partial charge < -0.3 is 14.8 Å². The highest BCUT2D eigenvalue weighted by atomic mass is 16.5. The third-order valence-electron chi connectivity index (χ3n) is 5.26. The second kappa shape index (κ2) is 10.3. The molecule has 0 atom stereocenters. The zero-order valence-electron chi connectivity index (χ0n) is 17.7. The topological polar surface area (TPSA) is 50.8 Å². The van der Waals surface area contributed by atoms with Gasteiger partial charge in [0.2, 0.25) is 5.91 Å². The van der Waals surface area contributed by atoms with E-state index in [9.17, 15) is 4.79 Å². The van der Waals surface area contributed by atoms with Crippen molar-refractivity contribution in [2.24, 2.45) is 5.92 Å². The molecule has 29 heavy (non-hydrogen) atoms. The molecule has 0 saturated carbocycles. The van der Waals surface area contributed by atoms with Gasteiger partial charge in [0.1, 0.15) is 6.61 Å². The second-order valence-electron chi connectivity index (χ2n) is 7.97. The third-order valence-corrected chi connectivity index (χ3v) is 5.26. The first kappa shape index (κ1) is 21.2. The molecule has 0 bridgehead atoms. The molecule has 0 radical (unpaired) electrons. The van der Waals surface area contributed by atoms with Crippen LogP contribution in [0.1, 0.15) is 37.8 Å². The molecule has 5 heteroatoms. The summed E-state index contributed by atoms with van der Waals surface area (Å²) >= 11 is 0. The minimum atomic E-state index is 0.136. The summed E-state index contributed by atoms with van der Waals surface area (Å²) < 4.78 is 11.5. The van der Waals surface area contributed by atoms with Crippen LogP contribution in [0, 0.1) is 5.92 Å². The fourth-order valence-corrected chi connectivity index (χ4v) is 3.68. The summed E-state index contributed by atoms with van der Waals surface area (Å²) in [5.41, 5.74) is 2.32. The summed E-state index contributed by atoms with van der Waals surface area (Å²) in [6, 6.07) is 16.5. The number of piperidine rings is 1. The minimum absolute atomic E-state index is 0.136. The molecule has 2 aromatic rings. The average molecular weight is 397 g/mol. The van der Waals surface area contributed by atoms with E-state index in [2.05, 4.69) is 22.3 Å². The summed E-state index contributed by atoms with van der Waals surface area (Å²) in [6.07, 6.45) is 1.82. The maximum atomic E-state index is 12.2. The van der Waals surface area contributed by atoms with Crippen LogP contribution in [0.3, 0.4) is 0 Å². The van der Waals surface area contributed by atoms with Crippen molar-refractivity contribution in [2.45, 2.75) is 45.9 Å². The lowest BCUT2D eigenvalue weighted by atomic mass is 9.95. The Balaban J connectivity index is 1.53. The van der Waals surface area contributed by atoms with E-state index < -0.39 is 0 Å².